The van der Waals surface area contributed by atoms with Crippen LogP contribution in [0.3, 0.4) is 0 Å². The molecule has 0 bridgehead atoms. The minimum atomic E-state index is -0.603. The van der Waals surface area contributed by atoms with Crippen molar-refractivity contribution in [2.45, 2.75) is 13.2 Å². The lowest BCUT2D eigenvalue weighted by Gasteiger charge is -2.19. The summed E-state index contributed by atoms with van der Waals surface area (Å²) in [5.74, 6) is 0. The van der Waals surface area contributed by atoms with Crippen molar-refractivity contribution < 1.29 is 9.95 Å². The van der Waals surface area contributed by atoms with Gasteiger partial charge in [-0.2, -0.15) is 0 Å². The highest BCUT2D eigenvalue weighted by Crippen LogP contribution is 2.34. The molecule has 5 nitrogen and oxygen atoms in total. The lowest BCUT2D eigenvalue weighted by Crippen LogP contribution is -2.35. The van der Waals surface area contributed by atoms with Gasteiger partial charge >= 0.3 is 7.05 Å². The van der Waals surface area contributed by atoms with Gasteiger partial charge in [-0.05, 0) is 19.3 Å². The maximum atomic E-state index is 10.8. The zero-order chi connectivity index (χ0) is 11.0. The van der Waals surface area contributed by atoms with E-state index in [9.17, 15) is 15.1 Å². The summed E-state index contributed by atoms with van der Waals surface area (Å²) in [6.45, 7) is 2.30. The van der Waals surface area contributed by atoms with Crippen molar-refractivity contribution in [1.82, 2.24) is 0 Å². The van der Waals surface area contributed by atoms with Gasteiger partial charge in [-0.25, -0.2) is 0 Å². The molecule has 0 saturated heterocycles. The van der Waals surface area contributed by atoms with Crippen LogP contribution in [0.25, 0.3) is 0 Å². The lowest BCUT2D eigenvalue weighted by molar-refractivity contribution is -0.385. The van der Waals surface area contributed by atoms with Gasteiger partial charge < -0.3 is 9.83 Å². The summed E-state index contributed by atoms with van der Waals surface area (Å²) in [5, 5.41) is 20.2. The first-order valence-electron chi connectivity index (χ1n) is 4.82. The summed E-state index contributed by atoms with van der Waals surface area (Å²) >= 11 is 0. The number of rotatable bonds is 2. The summed E-state index contributed by atoms with van der Waals surface area (Å²) in [4.78, 5) is 12.2. The van der Waals surface area contributed by atoms with Crippen LogP contribution in [0.15, 0.2) is 18.2 Å². The van der Waals surface area contributed by atoms with Crippen LogP contribution in [-0.4, -0.2) is 23.5 Å². The molecule has 1 aromatic carbocycles. The number of nitro benzene ring substituents is 1. The Morgan fingerprint density at radius 1 is 1.60 bits per heavy atom. The molecule has 1 aliphatic heterocycles. The molecule has 0 atom stereocenters. The van der Waals surface area contributed by atoms with Gasteiger partial charge in [-0.15, -0.1) is 0 Å². The maximum absolute atomic E-state index is 10.8. The normalized spacial score (nSPS) is 13.9. The van der Waals surface area contributed by atoms with E-state index in [2.05, 4.69) is 0 Å². The van der Waals surface area contributed by atoms with Crippen LogP contribution < -0.4 is 4.81 Å². The van der Waals surface area contributed by atoms with Gasteiger partial charge in [-0.1, -0.05) is 6.07 Å². The Morgan fingerprint density at radius 2 is 2.33 bits per heavy atom. The van der Waals surface area contributed by atoms with Gasteiger partial charge in [0.15, 0.2) is 0 Å². The third kappa shape index (κ3) is 1.57. The molecule has 0 radical (unpaired) electrons. The van der Waals surface area contributed by atoms with Crippen molar-refractivity contribution in [3.63, 3.8) is 0 Å². The Balaban J connectivity index is 2.48. The van der Waals surface area contributed by atoms with Crippen LogP contribution in [0.5, 0.6) is 0 Å². The van der Waals surface area contributed by atoms with Gasteiger partial charge in [-0.3, -0.25) is 10.1 Å². The van der Waals surface area contributed by atoms with E-state index in [-0.39, 0.29) is 10.6 Å². The largest absolute Gasteiger partial charge is 0.432 e. The zero-order valence-electron chi connectivity index (χ0n) is 8.38. The Bertz CT molecular complexity index is 408. The molecular weight excluding hydrogens is 195 g/mol. The summed E-state index contributed by atoms with van der Waals surface area (Å²) in [7, 11) is -0.603. The van der Waals surface area contributed by atoms with Crippen molar-refractivity contribution in [3.05, 3.63) is 33.9 Å². The van der Waals surface area contributed by atoms with Crippen LogP contribution >= 0.6 is 0 Å². The van der Waals surface area contributed by atoms with E-state index in [4.69, 9.17) is 0 Å². The minimum Gasteiger partial charge on any atom is -0.432 e. The molecule has 0 unspecified atom stereocenters. The Morgan fingerprint density at radius 3 is 2.93 bits per heavy atom. The number of hydrogen-bond acceptors (Lipinski definition) is 4. The van der Waals surface area contributed by atoms with E-state index in [1.165, 1.54) is 6.07 Å². The molecule has 0 spiro atoms. The summed E-state index contributed by atoms with van der Waals surface area (Å²) in [6.07, 6.45) is 0.622. The lowest BCUT2D eigenvalue weighted by atomic mass is 9.85. The van der Waals surface area contributed by atoms with E-state index < -0.39 is 7.05 Å². The van der Waals surface area contributed by atoms with E-state index in [0.29, 0.717) is 13.0 Å². The highest BCUT2D eigenvalue weighted by Gasteiger charge is 2.30. The Labute approximate surface area is 87.6 Å². The predicted molar refractivity (Wildman–Crippen MR) is 58.0 cm³/mol. The van der Waals surface area contributed by atoms with Gasteiger partial charge in [0, 0.05) is 18.3 Å². The van der Waals surface area contributed by atoms with Crippen molar-refractivity contribution in [2.24, 2.45) is 0 Å². The molecule has 1 aromatic rings. The number of anilines is 1. The van der Waals surface area contributed by atoms with Crippen molar-refractivity contribution in [1.29, 1.82) is 0 Å². The highest BCUT2D eigenvalue weighted by atomic mass is 16.6. The van der Waals surface area contributed by atoms with E-state index in [0.717, 1.165) is 11.3 Å². The second-order valence-electron chi connectivity index (χ2n) is 3.61. The second kappa shape index (κ2) is 3.54. The molecule has 15 heavy (non-hydrogen) atoms. The molecule has 0 aliphatic carbocycles. The first-order chi connectivity index (χ1) is 7.11. The van der Waals surface area contributed by atoms with Gasteiger partial charge in [0.05, 0.1) is 10.5 Å². The van der Waals surface area contributed by atoms with Gasteiger partial charge in [0.2, 0.25) is 0 Å². The Hall–Kier alpha value is -1.56. The van der Waals surface area contributed by atoms with E-state index in [1.54, 1.807) is 17.7 Å². The minimum absolute atomic E-state index is 0.149. The molecule has 2 rings (SSSR count). The molecule has 1 aliphatic rings. The molecule has 0 fully saturated rings. The number of hydrogen-bond donors (Lipinski definition) is 1. The molecule has 0 amide bonds. The molecule has 0 saturated carbocycles. The average Bonchev–Trinajstić information content (AvgIpc) is 2.59. The van der Waals surface area contributed by atoms with Crippen LogP contribution in [0, 0.1) is 10.1 Å². The standard InChI is InChI=1S/C9H11BN2O3/c1-10(13)11-6-5-7-8(11)3-2-4-9(7)12(14)15/h2-4,13H,5-6H2,1H3. The summed E-state index contributed by atoms with van der Waals surface area (Å²) < 4.78 is 0. The van der Waals surface area contributed by atoms with E-state index in [1.807, 2.05) is 6.07 Å². The first-order valence-corrected chi connectivity index (χ1v) is 4.82. The third-order valence-corrected chi connectivity index (χ3v) is 2.69. The average molecular weight is 206 g/mol. The molecule has 1 N–H and O–H groups in total. The van der Waals surface area contributed by atoms with Crippen LogP contribution in [0.1, 0.15) is 5.56 Å². The van der Waals surface area contributed by atoms with Gasteiger partial charge in [0.25, 0.3) is 5.69 Å². The third-order valence-electron chi connectivity index (χ3n) is 2.69. The number of nitro groups is 1. The van der Waals surface area contributed by atoms with Crippen LogP contribution in [-0.2, 0) is 6.42 Å². The summed E-state index contributed by atoms with van der Waals surface area (Å²) in [6, 6.07) is 4.96. The second-order valence-corrected chi connectivity index (χ2v) is 3.61. The molecule has 6 heteroatoms. The molecule has 1 heterocycles. The fourth-order valence-corrected chi connectivity index (χ4v) is 2.00. The topological polar surface area (TPSA) is 66.6 Å². The predicted octanol–water partition coefficient (Wildman–Crippen LogP) is 1.07. The van der Waals surface area contributed by atoms with Crippen LogP contribution in [0.2, 0.25) is 6.82 Å². The fraction of sp³-hybridized carbons (Fsp3) is 0.333. The Kier molecular flexibility index (Phi) is 2.36. The summed E-state index contributed by atoms with van der Waals surface area (Å²) in [5.41, 5.74) is 1.65. The van der Waals surface area contributed by atoms with Crippen molar-refractivity contribution in [2.75, 3.05) is 11.4 Å². The molecular formula is C9H11BN2O3. The molecule has 78 valence electrons. The zero-order valence-corrected chi connectivity index (χ0v) is 8.38. The van der Waals surface area contributed by atoms with Crippen molar-refractivity contribution in [3.8, 4) is 0 Å². The monoisotopic (exact) mass is 206 g/mol. The first kappa shape index (κ1) is 9.98. The smallest absolute Gasteiger partial charge is 0.409 e. The van der Waals surface area contributed by atoms with Crippen molar-refractivity contribution >= 4 is 18.4 Å². The quantitative estimate of drug-likeness (QED) is 0.446. The molecule has 0 aromatic heterocycles. The van der Waals surface area contributed by atoms with Gasteiger partial charge in [0.1, 0.15) is 0 Å². The number of benzene rings is 1. The van der Waals surface area contributed by atoms with E-state index >= 15 is 0 Å². The maximum Gasteiger partial charge on any atom is 0.409 e. The SMILES string of the molecule is CB(O)N1CCc2c1cccc2[N+](=O)[O-]. The number of fused-ring (bicyclic) bond motifs is 1. The highest BCUT2D eigenvalue weighted by molar-refractivity contribution is 6.54. The van der Waals surface area contributed by atoms with Crippen LogP contribution in [0.4, 0.5) is 11.4 Å². The number of nitrogens with zero attached hydrogens (tertiary/aromatic N) is 2. The fourth-order valence-electron chi connectivity index (χ4n) is 2.00.